The Hall–Kier alpha value is -7.29. The first-order valence-electron chi connectivity index (χ1n) is 19.5. The fourth-order valence-electron chi connectivity index (χ4n) is 8.18. The van der Waals surface area contributed by atoms with Gasteiger partial charge in [0.25, 0.3) is 0 Å². The van der Waals surface area contributed by atoms with Crippen LogP contribution in [-0.4, -0.2) is 17.7 Å². The van der Waals surface area contributed by atoms with Gasteiger partial charge in [0.1, 0.15) is 11.7 Å². The summed E-state index contributed by atoms with van der Waals surface area (Å²) in [4.78, 5) is 12.8. The number of rotatable bonds is 8. The number of anilines is 2. The molecule has 5 heteroatoms. The molecule has 0 aromatic heterocycles. The summed E-state index contributed by atoms with van der Waals surface area (Å²) in [7, 11) is 0. The molecule has 0 amide bonds. The van der Waals surface area contributed by atoms with Gasteiger partial charge in [-0.2, -0.15) is 5.26 Å². The van der Waals surface area contributed by atoms with Crippen LogP contribution in [0.1, 0.15) is 54.3 Å². The minimum Gasteiger partial charge on any atom is -0.334 e. The lowest BCUT2D eigenvalue weighted by molar-refractivity contribution is 0.709. The first-order valence-corrected chi connectivity index (χ1v) is 19.5. The molecule has 2 heterocycles. The highest BCUT2D eigenvalue weighted by Crippen LogP contribution is 2.41. The Kier molecular flexibility index (Phi) is 9.60. The lowest BCUT2D eigenvalue weighted by Crippen LogP contribution is -2.36. The quantitative estimate of drug-likeness (QED) is 0.169. The average Bonchev–Trinajstić information content (AvgIpc) is 3.29. The van der Waals surface area contributed by atoms with Crippen LogP contribution in [0.15, 0.2) is 191 Å². The first kappa shape index (κ1) is 35.4. The van der Waals surface area contributed by atoms with E-state index >= 15 is 0 Å². The van der Waals surface area contributed by atoms with Crippen LogP contribution in [0.4, 0.5) is 11.4 Å². The number of hydrogen-bond acceptors (Lipinski definition) is 5. The van der Waals surface area contributed by atoms with E-state index in [0.29, 0.717) is 5.56 Å². The fourth-order valence-corrected chi connectivity index (χ4v) is 8.18. The molecule has 2 aliphatic heterocycles. The Morgan fingerprint density at radius 3 is 1.89 bits per heavy atom. The van der Waals surface area contributed by atoms with Crippen molar-refractivity contribution in [3.05, 3.63) is 209 Å². The molecule has 2 aliphatic rings. The monoisotopic (exact) mass is 735 g/mol. The van der Waals surface area contributed by atoms with E-state index in [1.807, 2.05) is 54.6 Å². The highest BCUT2D eigenvalue weighted by Gasteiger charge is 2.27. The van der Waals surface area contributed by atoms with Gasteiger partial charge in [-0.1, -0.05) is 153 Å². The van der Waals surface area contributed by atoms with Crippen molar-refractivity contribution in [2.24, 2.45) is 9.98 Å². The molecule has 5 nitrogen and oxygen atoms in total. The Morgan fingerprint density at radius 1 is 0.579 bits per heavy atom. The van der Waals surface area contributed by atoms with Gasteiger partial charge in [-0.25, -0.2) is 9.98 Å². The fraction of sp³-hybridized carbons (Fsp3) is 0.0962. The Morgan fingerprint density at radius 2 is 1.18 bits per heavy atom. The van der Waals surface area contributed by atoms with Crippen molar-refractivity contribution in [3.8, 4) is 39.4 Å². The second kappa shape index (κ2) is 15.5. The number of nitrogens with zero attached hydrogens (tertiary/aromatic N) is 4. The number of amidine groups is 2. The number of benzene rings is 7. The summed E-state index contributed by atoms with van der Waals surface area (Å²) in [5, 5.41) is 13.9. The topological polar surface area (TPSA) is 63.8 Å². The van der Waals surface area contributed by atoms with Crippen molar-refractivity contribution in [1.82, 2.24) is 5.32 Å². The third kappa shape index (κ3) is 6.94. The van der Waals surface area contributed by atoms with Gasteiger partial charge in [0.05, 0.1) is 17.7 Å². The Balaban J connectivity index is 1.10. The molecule has 0 radical (unpaired) electrons. The zero-order chi connectivity index (χ0) is 38.7. The van der Waals surface area contributed by atoms with E-state index in [1.54, 1.807) is 0 Å². The molecule has 57 heavy (non-hydrogen) atoms. The van der Waals surface area contributed by atoms with E-state index in [0.717, 1.165) is 73.9 Å². The van der Waals surface area contributed by atoms with E-state index in [9.17, 15) is 5.26 Å². The maximum Gasteiger partial charge on any atom is 0.170 e. The van der Waals surface area contributed by atoms with E-state index in [1.165, 1.54) is 16.8 Å². The van der Waals surface area contributed by atoms with Gasteiger partial charge in [0.2, 0.25) is 0 Å². The summed E-state index contributed by atoms with van der Waals surface area (Å²) in [5.41, 5.74) is 14.7. The molecule has 0 aliphatic carbocycles. The molecule has 0 bridgehead atoms. The van der Waals surface area contributed by atoms with Crippen molar-refractivity contribution >= 4 is 29.1 Å². The molecule has 7 aromatic rings. The number of nitriles is 1. The average molecular weight is 736 g/mol. The molecule has 9 rings (SSSR count). The summed E-state index contributed by atoms with van der Waals surface area (Å²) in [6, 6.07) is 63.6. The highest BCUT2D eigenvalue weighted by atomic mass is 15.2. The minimum absolute atomic E-state index is 0.279. The van der Waals surface area contributed by atoms with Gasteiger partial charge in [-0.3, -0.25) is 0 Å². The molecule has 0 spiro atoms. The van der Waals surface area contributed by atoms with Crippen LogP contribution in [0.2, 0.25) is 0 Å². The SMILES string of the molecule is CCC1C(C)=Cc2ccccc2N1c1cccc(-c2cccc(-c3cc(-c4ccccc4C4N=C(c5ccccc5)NC(c5ccccc5)=N4)ccc3C#N)c2)c1. The van der Waals surface area contributed by atoms with Gasteiger partial charge in [-0.15, -0.1) is 0 Å². The number of nitrogens with one attached hydrogen (secondary N) is 1. The van der Waals surface area contributed by atoms with Crippen molar-refractivity contribution < 1.29 is 0 Å². The highest BCUT2D eigenvalue weighted by molar-refractivity contribution is 6.16. The summed E-state index contributed by atoms with van der Waals surface area (Å²) in [6.45, 7) is 4.49. The third-order valence-electron chi connectivity index (χ3n) is 11.0. The van der Waals surface area contributed by atoms with Gasteiger partial charge in [0, 0.05) is 33.6 Å². The molecular weight excluding hydrogens is 695 g/mol. The van der Waals surface area contributed by atoms with Crippen LogP contribution in [0.25, 0.3) is 39.5 Å². The van der Waals surface area contributed by atoms with E-state index in [2.05, 4.69) is 158 Å². The standard InChI is InChI=1S/C52H41N5/c1-3-48-35(2)30-42-20-10-13-27-49(42)57(48)44-24-15-22-39(32-44)38-21-14-23-40(31-38)47-33-41(28-29-43(47)34-53)45-25-11-12-26-46(45)52-55-50(36-16-6-4-7-17-36)54-51(56-52)37-18-8-5-9-19-37/h4-33,48,52H,3H2,1-2H3,(H,54,55,56). The Labute approximate surface area is 334 Å². The maximum absolute atomic E-state index is 10.4. The number of fused-ring (bicyclic) bond motifs is 1. The molecule has 274 valence electrons. The van der Waals surface area contributed by atoms with Crippen LogP contribution in [0.5, 0.6) is 0 Å². The van der Waals surface area contributed by atoms with E-state index < -0.39 is 6.17 Å². The minimum atomic E-state index is -0.485. The molecule has 1 atom stereocenters. The lowest BCUT2D eigenvalue weighted by atomic mass is 9.90. The third-order valence-corrected chi connectivity index (χ3v) is 11.0. The molecule has 0 saturated heterocycles. The molecule has 0 fully saturated rings. The van der Waals surface area contributed by atoms with Crippen molar-refractivity contribution in [3.63, 3.8) is 0 Å². The first-order chi connectivity index (χ1) is 28.1. The lowest BCUT2D eigenvalue weighted by Gasteiger charge is -2.38. The second-order valence-electron chi connectivity index (χ2n) is 14.5. The zero-order valence-electron chi connectivity index (χ0n) is 32.0. The molecule has 1 N–H and O–H groups in total. The van der Waals surface area contributed by atoms with Crippen LogP contribution < -0.4 is 10.2 Å². The smallest absolute Gasteiger partial charge is 0.170 e. The number of para-hydroxylation sites is 1. The van der Waals surface area contributed by atoms with Gasteiger partial charge in [0.15, 0.2) is 6.17 Å². The molecule has 1 unspecified atom stereocenters. The second-order valence-corrected chi connectivity index (χ2v) is 14.5. The van der Waals surface area contributed by atoms with Crippen molar-refractivity contribution in [2.75, 3.05) is 4.90 Å². The summed E-state index contributed by atoms with van der Waals surface area (Å²) in [5.74, 6) is 1.54. The Bertz CT molecular complexity index is 2680. The molecular formula is C52H41N5. The normalized spacial score (nSPS) is 15.1. The summed E-state index contributed by atoms with van der Waals surface area (Å²) >= 11 is 0. The van der Waals surface area contributed by atoms with Crippen LogP contribution in [-0.2, 0) is 0 Å². The van der Waals surface area contributed by atoms with E-state index in [-0.39, 0.29) is 6.04 Å². The van der Waals surface area contributed by atoms with Crippen LogP contribution in [0.3, 0.4) is 0 Å². The van der Waals surface area contributed by atoms with Crippen LogP contribution in [0, 0.1) is 11.3 Å². The van der Waals surface area contributed by atoms with Gasteiger partial charge >= 0.3 is 0 Å². The molecule has 0 saturated carbocycles. The number of aliphatic imine (C=N–C) groups is 2. The van der Waals surface area contributed by atoms with Gasteiger partial charge < -0.3 is 10.2 Å². The largest absolute Gasteiger partial charge is 0.334 e. The van der Waals surface area contributed by atoms with Crippen LogP contribution >= 0.6 is 0 Å². The van der Waals surface area contributed by atoms with Crippen molar-refractivity contribution in [2.45, 2.75) is 32.5 Å². The van der Waals surface area contributed by atoms with Gasteiger partial charge in [-0.05, 0) is 88.7 Å². The van der Waals surface area contributed by atoms with E-state index in [4.69, 9.17) is 9.98 Å². The zero-order valence-corrected chi connectivity index (χ0v) is 32.0. The predicted molar refractivity (Wildman–Crippen MR) is 236 cm³/mol. The maximum atomic E-state index is 10.4. The predicted octanol–water partition coefficient (Wildman–Crippen LogP) is 12.4. The van der Waals surface area contributed by atoms with Crippen molar-refractivity contribution in [1.29, 1.82) is 5.26 Å². The number of hydrogen-bond donors (Lipinski definition) is 1. The summed E-state index contributed by atoms with van der Waals surface area (Å²) < 4.78 is 0. The summed E-state index contributed by atoms with van der Waals surface area (Å²) in [6.07, 6.45) is 2.84. The molecule has 7 aromatic carbocycles.